The second-order valence-electron chi connectivity index (χ2n) is 3.29. The number of phosphoric ester groups is 1. The fourth-order valence-corrected chi connectivity index (χ4v) is 1.73. The molecule has 1 aliphatic heterocycles. The van der Waals surface area contributed by atoms with Crippen molar-refractivity contribution in [1.29, 1.82) is 0 Å². The molecule has 6 N–H and O–H groups in total. The van der Waals surface area contributed by atoms with Crippen LogP contribution in [-0.4, -0.2) is 127 Å². The van der Waals surface area contributed by atoms with Crippen LogP contribution in [0.15, 0.2) is 0 Å². The van der Waals surface area contributed by atoms with Crippen LogP contribution in [0.25, 0.3) is 0 Å². The largest absolute Gasteiger partial charge is 0.472 e. The average molecular weight is 306 g/mol. The molecule has 1 heterocycles. The Morgan fingerprint density at radius 3 is 1.94 bits per heavy atom. The Bertz CT molecular complexity index is 284. The number of rotatable bonds is 3. The zero-order valence-electron chi connectivity index (χ0n) is 9.95. The second-order valence-corrected chi connectivity index (χ2v) is 4.49. The third-order valence-electron chi connectivity index (χ3n) is 2.09. The smallest absolute Gasteiger partial charge is 0.394 e. The summed E-state index contributed by atoms with van der Waals surface area (Å²) in [6.07, 6.45) is -8.25. The van der Waals surface area contributed by atoms with Gasteiger partial charge in [0, 0.05) is 59.1 Å². The van der Waals surface area contributed by atoms with Crippen LogP contribution in [0.5, 0.6) is 0 Å². The van der Waals surface area contributed by atoms with Gasteiger partial charge in [-0.15, -0.1) is 0 Å². The van der Waals surface area contributed by atoms with Crippen molar-refractivity contribution < 1.29 is 44.0 Å². The van der Waals surface area contributed by atoms with Crippen molar-refractivity contribution in [3.05, 3.63) is 0 Å². The monoisotopic (exact) mass is 306 g/mol. The molecule has 0 unspecified atom stereocenters. The Kier molecular flexibility index (Phi) is 11.1. The molecule has 1 rings (SSSR count). The second kappa shape index (κ2) is 9.04. The van der Waals surface area contributed by atoms with Gasteiger partial charge in [0.1, 0.15) is 24.4 Å². The maximum Gasteiger partial charge on any atom is 0.472 e. The molecule has 1 aliphatic rings. The zero-order valence-corrected chi connectivity index (χ0v) is 14.8. The van der Waals surface area contributed by atoms with Crippen LogP contribution in [-0.2, 0) is 13.8 Å². The third kappa shape index (κ3) is 6.13. The molecule has 18 heavy (non-hydrogen) atoms. The SMILES string of the molecule is O=P(O)(O)O[C@H]1O[C@H](CO)[C@@H](O)[C@H](O)[C@@H]1O.[Na].[Na]. The van der Waals surface area contributed by atoms with Gasteiger partial charge in [-0.3, -0.25) is 4.52 Å². The van der Waals surface area contributed by atoms with Crippen molar-refractivity contribution in [3.63, 3.8) is 0 Å². The van der Waals surface area contributed by atoms with E-state index < -0.39 is 45.1 Å². The van der Waals surface area contributed by atoms with E-state index in [-0.39, 0.29) is 59.1 Å². The molecule has 0 bridgehead atoms. The fraction of sp³-hybridized carbons (Fsp3) is 1.00. The standard InChI is InChI=1S/C6H13O9P.2Na/c7-1-2-3(8)4(9)5(10)6(14-2)15-16(11,12)13;;/h2-10H,1H2,(H2,11,12,13);;/t2-,3-,4+,5+,6-;;/m1../s1. The van der Waals surface area contributed by atoms with Crippen molar-refractivity contribution in [2.45, 2.75) is 30.7 Å². The summed E-state index contributed by atoms with van der Waals surface area (Å²) in [5.74, 6) is 0. The van der Waals surface area contributed by atoms with Crippen molar-refractivity contribution in [3.8, 4) is 0 Å². The number of ether oxygens (including phenoxy) is 1. The number of phosphoric acid groups is 1. The third-order valence-corrected chi connectivity index (χ3v) is 2.57. The van der Waals surface area contributed by atoms with E-state index in [4.69, 9.17) is 14.9 Å². The van der Waals surface area contributed by atoms with E-state index in [1.165, 1.54) is 0 Å². The van der Waals surface area contributed by atoms with Gasteiger partial charge in [0.05, 0.1) is 6.61 Å². The molecule has 0 aliphatic carbocycles. The molecule has 0 saturated carbocycles. The predicted octanol–water partition coefficient (Wildman–Crippen LogP) is -3.87. The maximum atomic E-state index is 10.5. The summed E-state index contributed by atoms with van der Waals surface area (Å²) >= 11 is 0. The number of hydrogen-bond donors (Lipinski definition) is 6. The predicted molar refractivity (Wildman–Crippen MR) is 58.4 cm³/mol. The fourth-order valence-electron chi connectivity index (χ4n) is 1.29. The van der Waals surface area contributed by atoms with E-state index in [1.807, 2.05) is 0 Å². The summed E-state index contributed by atoms with van der Waals surface area (Å²) < 4.78 is 19.2. The van der Waals surface area contributed by atoms with E-state index in [1.54, 1.807) is 0 Å². The van der Waals surface area contributed by atoms with E-state index in [2.05, 4.69) is 9.26 Å². The van der Waals surface area contributed by atoms with Gasteiger partial charge in [-0.05, 0) is 0 Å². The minimum atomic E-state index is -4.91. The molecule has 0 aromatic rings. The van der Waals surface area contributed by atoms with Crippen molar-refractivity contribution >= 4 is 66.9 Å². The first-order valence-corrected chi connectivity index (χ1v) is 5.83. The molecule has 1 saturated heterocycles. The Morgan fingerprint density at radius 1 is 1.06 bits per heavy atom. The van der Waals surface area contributed by atoms with Crippen LogP contribution >= 0.6 is 7.82 Å². The molecule has 0 amide bonds. The summed E-state index contributed by atoms with van der Waals surface area (Å²) in [5, 5.41) is 36.6. The summed E-state index contributed by atoms with van der Waals surface area (Å²) in [6.45, 7) is -0.702. The quantitative estimate of drug-likeness (QED) is 0.227. The topological polar surface area (TPSA) is 157 Å². The summed E-state index contributed by atoms with van der Waals surface area (Å²) in [7, 11) is -4.91. The first-order chi connectivity index (χ1) is 7.26. The first kappa shape index (κ1) is 22.2. The molecule has 12 heteroatoms. The van der Waals surface area contributed by atoms with E-state index in [9.17, 15) is 19.9 Å². The summed E-state index contributed by atoms with van der Waals surface area (Å²) in [5.41, 5.74) is 0. The molecule has 0 spiro atoms. The first-order valence-electron chi connectivity index (χ1n) is 4.30. The van der Waals surface area contributed by atoms with Gasteiger partial charge < -0.3 is 34.9 Å². The van der Waals surface area contributed by atoms with Gasteiger partial charge in [0.2, 0.25) is 0 Å². The minimum absolute atomic E-state index is 0. The van der Waals surface area contributed by atoms with Crippen molar-refractivity contribution in [1.82, 2.24) is 0 Å². The van der Waals surface area contributed by atoms with Crippen LogP contribution in [0.4, 0.5) is 0 Å². The number of hydrogen-bond acceptors (Lipinski definition) is 7. The van der Waals surface area contributed by atoms with Crippen molar-refractivity contribution in [2.75, 3.05) is 6.61 Å². The van der Waals surface area contributed by atoms with Crippen LogP contribution in [0, 0.1) is 0 Å². The van der Waals surface area contributed by atoms with Gasteiger partial charge in [0.15, 0.2) is 6.29 Å². The van der Waals surface area contributed by atoms with Gasteiger partial charge >= 0.3 is 7.82 Å². The Morgan fingerprint density at radius 2 is 1.56 bits per heavy atom. The maximum absolute atomic E-state index is 10.5. The van der Waals surface area contributed by atoms with E-state index >= 15 is 0 Å². The van der Waals surface area contributed by atoms with E-state index in [0.717, 1.165) is 0 Å². The molecular formula is C6H13Na2O9P. The summed E-state index contributed by atoms with van der Waals surface area (Å²) in [6, 6.07) is 0. The van der Waals surface area contributed by atoms with Crippen LogP contribution in [0.3, 0.4) is 0 Å². The molecule has 0 aromatic carbocycles. The average Bonchev–Trinajstić information content (AvgIpc) is 2.17. The molecule has 5 atom stereocenters. The Labute approximate surface area is 147 Å². The molecule has 0 aromatic heterocycles. The molecular weight excluding hydrogens is 293 g/mol. The van der Waals surface area contributed by atoms with Gasteiger partial charge in [-0.25, -0.2) is 4.57 Å². The Hall–Kier alpha value is 1.91. The minimum Gasteiger partial charge on any atom is -0.394 e. The van der Waals surface area contributed by atoms with E-state index in [0.29, 0.717) is 0 Å². The molecule has 1 fully saturated rings. The molecule has 2 radical (unpaired) electrons. The van der Waals surface area contributed by atoms with Crippen LogP contribution in [0.1, 0.15) is 0 Å². The summed E-state index contributed by atoms with van der Waals surface area (Å²) in [4.78, 5) is 17.0. The molecule has 9 nitrogen and oxygen atoms in total. The normalized spacial score (nSPS) is 36.4. The van der Waals surface area contributed by atoms with Gasteiger partial charge in [0.25, 0.3) is 0 Å². The zero-order chi connectivity index (χ0) is 12.5. The molecule has 98 valence electrons. The van der Waals surface area contributed by atoms with Crippen LogP contribution in [0.2, 0.25) is 0 Å². The number of aliphatic hydroxyl groups is 4. The number of aliphatic hydroxyl groups excluding tert-OH is 4. The van der Waals surface area contributed by atoms with Gasteiger partial charge in [-0.1, -0.05) is 0 Å². The van der Waals surface area contributed by atoms with Crippen molar-refractivity contribution in [2.24, 2.45) is 0 Å². The van der Waals surface area contributed by atoms with Gasteiger partial charge in [-0.2, -0.15) is 0 Å². The Balaban J connectivity index is 0. The van der Waals surface area contributed by atoms with Crippen LogP contribution < -0.4 is 0 Å².